The van der Waals surface area contributed by atoms with Gasteiger partial charge in [0.2, 0.25) is 5.78 Å². The molecule has 1 N–H and O–H groups in total. The summed E-state index contributed by atoms with van der Waals surface area (Å²) in [6, 6.07) is 16.8. The fraction of sp³-hybridized carbons (Fsp3) is 0.217. The summed E-state index contributed by atoms with van der Waals surface area (Å²) in [6.07, 6.45) is 1.72. The third-order valence-corrected chi connectivity index (χ3v) is 6.03. The first-order chi connectivity index (χ1) is 13.6. The van der Waals surface area contributed by atoms with E-state index in [-0.39, 0.29) is 11.4 Å². The van der Waals surface area contributed by atoms with E-state index in [0.29, 0.717) is 11.4 Å². The van der Waals surface area contributed by atoms with Crippen molar-refractivity contribution in [3.05, 3.63) is 81.8 Å². The van der Waals surface area contributed by atoms with Crippen LogP contribution < -0.4 is 0 Å². The van der Waals surface area contributed by atoms with E-state index in [4.69, 9.17) is 0 Å². The molecule has 0 radical (unpaired) electrons. The smallest absolute Gasteiger partial charge is 0.290 e. The molecule has 0 fully saturated rings. The number of amides is 1. The number of hydrogen-bond acceptors (Lipinski definition) is 4. The average Bonchev–Trinajstić information content (AvgIpc) is 3.34. The molecule has 1 atom stereocenters. The van der Waals surface area contributed by atoms with E-state index in [0.717, 1.165) is 29.2 Å². The molecule has 142 valence electrons. The molecule has 1 aliphatic rings. The Hall–Kier alpha value is -2.92. The van der Waals surface area contributed by atoms with Crippen LogP contribution in [0.2, 0.25) is 0 Å². The van der Waals surface area contributed by atoms with Gasteiger partial charge in [0, 0.05) is 6.54 Å². The number of rotatable bonds is 6. The molecule has 5 heteroatoms. The molecule has 0 saturated carbocycles. The van der Waals surface area contributed by atoms with Crippen LogP contribution in [0.25, 0.3) is 10.8 Å². The van der Waals surface area contributed by atoms with Crippen LogP contribution in [-0.4, -0.2) is 28.2 Å². The van der Waals surface area contributed by atoms with Crippen LogP contribution in [0.3, 0.4) is 0 Å². The van der Waals surface area contributed by atoms with Crippen molar-refractivity contribution in [2.24, 2.45) is 0 Å². The summed E-state index contributed by atoms with van der Waals surface area (Å²) in [7, 11) is 0. The van der Waals surface area contributed by atoms with E-state index in [1.807, 2.05) is 47.8 Å². The first-order valence-electron chi connectivity index (χ1n) is 9.43. The quantitative estimate of drug-likeness (QED) is 0.582. The summed E-state index contributed by atoms with van der Waals surface area (Å²) < 4.78 is 0. The molecule has 2 heterocycles. The largest absolute Gasteiger partial charge is 0.503 e. The van der Waals surface area contributed by atoms with Gasteiger partial charge in [0.1, 0.15) is 0 Å². The molecule has 3 aromatic rings. The topological polar surface area (TPSA) is 57.6 Å². The van der Waals surface area contributed by atoms with E-state index in [1.165, 1.54) is 11.3 Å². The number of aliphatic hydroxyl groups is 1. The Balaban J connectivity index is 1.90. The van der Waals surface area contributed by atoms with E-state index < -0.39 is 17.7 Å². The Morgan fingerprint density at radius 1 is 1.11 bits per heavy atom. The van der Waals surface area contributed by atoms with Gasteiger partial charge < -0.3 is 10.0 Å². The molecule has 0 aliphatic carbocycles. The first kappa shape index (κ1) is 18.4. The summed E-state index contributed by atoms with van der Waals surface area (Å²) in [5.74, 6) is -1.17. The number of benzene rings is 2. The number of nitrogens with zero attached hydrogens (tertiary/aromatic N) is 1. The Kier molecular flexibility index (Phi) is 5.01. The van der Waals surface area contributed by atoms with Crippen LogP contribution in [0.15, 0.2) is 71.3 Å². The van der Waals surface area contributed by atoms with Crippen molar-refractivity contribution in [1.82, 2.24) is 4.90 Å². The van der Waals surface area contributed by atoms with Crippen molar-refractivity contribution in [1.29, 1.82) is 0 Å². The summed E-state index contributed by atoms with van der Waals surface area (Å²) in [5.41, 5.74) is 1.05. The van der Waals surface area contributed by atoms with Gasteiger partial charge in [-0.2, -0.15) is 0 Å². The molecule has 28 heavy (non-hydrogen) atoms. The Morgan fingerprint density at radius 3 is 2.64 bits per heavy atom. The van der Waals surface area contributed by atoms with E-state index in [1.54, 1.807) is 17.0 Å². The molecule has 1 aliphatic heterocycles. The molecule has 0 bridgehead atoms. The summed E-state index contributed by atoms with van der Waals surface area (Å²) in [6.45, 7) is 2.55. The second kappa shape index (κ2) is 7.60. The predicted molar refractivity (Wildman–Crippen MR) is 112 cm³/mol. The van der Waals surface area contributed by atoms with E-state index >= 15 is 0 Å². The summed E-state index contributed by atoms with van der Waals surface area (Å²) in [4.78, 5) is 28.3. The third kappa shape index (κ3) is 3.02. The SMILES string of the molecule is CCCCN1C(=O)C(O)=C(C(=O)c2cccs2)C1c1cccc2ccccc12. The van der Waals surface area contributed by atoms with Gasteiger partial charge >= 0.3 is 0 Å². The minimum absolute atomic E-state index is 0.180. The fourth-order valence-electron chi connectivity index (χ4n) is 3.80. The van der Waals surface area contributed by atoms with E-state index in [9.17, 15) is 14.7 Å². The predicted octanol–water partition coefficient (Wildman–Crippen LogP) is 5.28. The zero-order valence-corrected chi connectivity index (χ0v) is 16.4. The standard InChI is InChI=1S/C23H21NO3S/c1-2-3-13-24-20(17-11-6-9-15-8-4-5-10-16(15)17)19(22(26)23(24)27)21(25)18-12-7-14-28-18/h4-12,14,20,26H,2-3,13H2,1H3. The van der Waals surface area contributed by atoms with Gasteiger partial charge in [-0.15, -0.1) is 11.3 Å². The number of unbranched alkanes of at least 4 members (excludes halogenated alkanes) is 1. The molecule has 1 amide bonds. The van der Waals surface area contributed by atoms with Crippen molar-refractivity contribution in [3.63, 3.8) is 0 Å². The number of aliphatic hydroxyl groups excluding tert-OH is 1. The Labute approximate surface area is 167 Å². The van der Waals surface area contributed by atoms with Crippen LogP contribution in [0.4, 0.5) is 0 Å². The lowest BCUT2D eigenvalue weighted by Crippen LogP contribution is -2.32. The maximum absolute atomic E-state index is 13.2. The molecule has 1 aromatic heterocycles. The van der Waals surface area contributed by atoms with Gasteiger partial charge in [-0.1, -0.05) is 61.9 Å². The second-order valence-corrected chi connectivity index (χ2v) is 7.84. The number of ketones is 1. The second-order valence-electron chi connectivity index (χ2n) is 6.89. The van der Waals surface area contributed by atoms with Crippen molar-refractivity contribution in [2.45, 2.75) is 25.8 Å². The summed E-state index contributed by atoms with van der Waals surface area (Å²) >= 11 is 1.32. The molecule has 4 nitrogen and oxygen atoms in total. The minimum Gasteiger partial charge on any atom is -0.503 e. The highest BCUT2D eigenvalue weighted by Gasteiger charge is 2.44. The van der Waals surface area contributed by atoms with Crippen molar-refractivity contribution in [2.75, 3.05) is 6.54 Å². The number of hydrogen-bond donors (Lipinski definition) is 1. The van der Waals surface area contributed by atoms with Crippen molar-refractivity contribution in [3.8, 4) is 0 Å². The number of carbonyl (C=O) groups excluding carboxylic acids is 2. The maximum atomic E-state index is 13.2. The number of carbonyl (C=O) groups is 2. The highest BCUT2D eigenvalue weighted by atomic mass is 32.1. The number of fused-ring (bicyclic) bond motifs is 1. The molecular formula is C23H21NO3S. The van der Waals surface area contributed by atoms with Crippen LogP contribution in [0.1, 0.15) is 41.0 Å². The molecule has 4 rings (SSSR count). The van der Waals surface area contributed by atoms with Gasteiger partial charge in [0.05, 0.1) is 16.5 Å². The molecule has 1 unspecified atom stereocenters. The maximum Gasteiger partial charge on any atom is 0.290 e. The van der Waals surface area contributed by atoms with Crippen LogP contribution >= 0.6 is 11.3 Å². The fourth-order valence-corrected chi connectivity index (χ4v) is 4.48. The molecule has 0 spiro atoms. The lowest BCUT2D eigenvalue weighted by atomic mass is 9.91. The van der Waals surface area contributed by atoms with Gasteiger partial charge in [0.15, 0.2) is 5.76 Å². The summed E-state index contributed by atoms with van der Waals surface area (Å²) in [5, 5.41) is 14.5. The van der Waals surface area contributed by atoms with Gasteiger partial charge in [-0.3, -0.25) is 9.59 Å². The zero-order valence-electron chi connectivity index (χ0n) is 15.6. The lowest BCUT2D eigenvalue weighted by Gasteiger charge is -2.27. The van der Waals surface area contributed by atoms with Crippen LogP contribution in [0, 0.1) is 0 Å². The van der Waals surface area contributed by atoms with E-state index in [2.05, 4.69) is 6.92 Å². The Bertz CT molecular complexity index is 1060. The van der Waals surface area contributed by atoms with Gasteiger partial charge in [0.25, 0.3) is 5.91 Å². The molecular weight excluding hydrogens is 370 g/mol. The number of Topliss-reactive ketones (excluding diaryl/α,β-unsaturated/α-hetero) is 1. The lowest BCUT2D eigenvalue weighted by molar-refractivity contribution is -0.129. The monoisotopic (exact) mass is 391 g/mol. The first-order valence-corrected chi connectivity index (χ1v) is 10.3. The number of thiophene rings is 1. The van der Waals surface area contributed by atoms with Gasteiger partial charge in [-0.25, -0.2) is 0 Å². The molecule has 0 saturated heterocycles. The highest BCUT2D eigenvalue weighted by Crippen LogP contribution is 2.42. The van der Waals surface area contributed by atoms with Crippen molar-refractivity contribution < 1.29 is 14.7 Å². The van der Waals surface area contributed by atoms with Crippen molar-refractivity contribution >= 4 is 33.8 Å². The van der Waals surface area contributed by atoms with Crippen LogP contribution in [-0.2, 0) is 4.79 Å². The minimum atomic E-state index is -0.584. The third-order valence-electron chi connectivity index (χ3n) is 5.16. The molecule has 2 aromatic carbocycles. The van der Waals surface area contributed by atoms with Gasteiger partial charge in [-0.05, 0) is 34.2 Å². The zero-order chi connectivity index (χ0) is 19.7. The Morgan fingerprint density at radius 2 is 1.89 bits per heavy atom. The normalized spacial score (nSPS) is 17.0. The average molecular weight is 391 g/mol. The van der Waals surface area contributed by atoms with Crippen LogP contribution in [0.5, 0.6) is 0 Å². The highest BCUT2D eigenvalue weighted by molar-refractivity contribution is 7.12.